The summed E-state index contributed by atoms with van der Waals surface area (Å²) in [5.41, 5.74) is 1.69. The number of ether oxygens (including phenoxy) is 1. The number of hydrogen-bond acceptors (Lipinski definition) is 6. The molecule has 0 unspecified atom stereocenters. The molecule has 3 heterocycles. The van der Waals surface area contributed by atoms with Crippen LogP contribution in [-0.2, 0) is 18.8 Å². The summed E-state index contributed by atoms with van der Waals surface area (Å²) in [6, 6.07) is 4.84. The number of nitrogens with zero attached hydrogens (tertiary/aromatic N) is 2. The number of rotatable bonds is 5. The average molecular weight is 454 g/mol. The summed E-state index contributed by atoms with van der Waals surface area (Å²) in [4.78, 5) is 34.5. The van der Waals surface area contributed by atoms with Gasteiger partial charge in [-0.25, -0.2) is 9.78 Å². The number of carbonyl (C=O) groups excluding carboxylic acids is 2. The zero-order valence-electron chi connectivity index (χ0n) is 20.0. The second-order valence-electron chi connectivity index (χ2n) is 9.45. The number of methoxy groups -OCH3 is 1. The first-order chi connectivity index (χ1) is 15.6. The Kier molecular flexibility index (Phi) is 6.00. The van der Waals surface area contributed by atoms with Gasteiger partial charge >= 0.3 is 13.2 Å². The number of H-pyrrole nitrogens is 1. The fraction of sp³-hybridized carbons (Fsp3) is 0.522. The largest absolute Gasteiger partial charge is 0.494 e. The van der Waals surface area contributed by atoms with Crippen LogP contribution in [0.4, 0.5) is 4.79 Å². The van der Waals surface area contributed by atoms with Crippen molar-refractivity contribution in [2.45, 2.75) is 64.3 Å². The molecule has 0 radical (unpaired) electrons. The summed E-state index contributed by atoms with van der Waals surface area (Å²) in [5.74, 6) is 0.474. The third kappa shape index (κ3) is 4.25. The van der Waals surface area contributed by atoms with Crippen LogP contribution < -0.4 is 10.8 Å². The fourth-order valence-electron chi connectivity index (χ4n) is 4.04. The zero-order chi connectivity index (χ0) is 24.0. The van der Waals surface area contributed by atoms with Gasteiger partial charge in [-0.15, -0.1) is 0 Å². The number of amides is 2. The van der Waals surface area contributed by atoms with Gasteiger partial charge in [0.2, 0.25) is 5.91 Å². The molecule has 10 heteroatoms. The number of benzene rings is 1. The van der Waals surface area contributed by atoms with Crippen LogP contribution in [0.5, 0.6) is 0 Å². The molecule has 0 spiro atoms. The Bertz CT molecular complexity index is 1080. The van der Waals surface area contributed by atoms with Gasteiger partial charge in [-0.1, -0.05) is 25.1 Å². The number of aromatic amines is 1. The van der Waals surface area contributed by atoms with Crippen LogP contribution in [0, 0.1) is 0 Å². The number of alkyl carbamates (subject to hydrolysis) is 1. The predicted molar refractivity (Wildman–Crippen MR) is 125 cm³/mol. The number of aromatic nitrogens is 2. The third-order valence-electron chi connectivity index (χ3n) is 6.75. The molecule has 2 aliphatic heterocycles. The molecule has 176 valence electrons. The molecule has 2 aromatic rings. The minimum atomic E-state index is -0.667. The number of fused-ring (bicyclic) bond motifs is 1. The SMILES string of the molecule is CC[C@@H](NC(=O)OC)C(=O)N1CC=C[C@H]1c1nc2ccc(B3OC(C)(C)C(C)(C)O3)cc2[nH]1. The first kappa shape index (κ1) is 23.3. The molecule has 1 aromatic carbocycles. The number of carbonyl (C=O) groups is 2. The second-order valence-corrected chi connectivity index (χ2v) is 9.45. The summed E-state index contributed by atoms with van der Waals surface area (Å²) >= 11 is 0. The van der Waals surface area contributed by atoms with Crippen LogP contribution in [0.25, 0.3) is 11.0 Å². The highest BCUT2D eigenvalue weighted by molar-refractivity contribution is 6.62. The minimum Gasteiger partial charge on any atom is -0.453 e. The lowest BCUT2D eigenvalue weighted by Gasteiger charge is -2.32. The monoisotopic (exact) mass is 454 g/mol. The van der Waals surface area contributed by atoms with E-state index in [0.717, 1.165) is 16.5 Å². The van der Waals surface area contributed by atoms with Crippen molar-refractivity contribution in [2.24, 2.45) is 0 Å². The van der Waals surface area contributed by atoms with E-state index in [9.17, 15) is 9.59 Å². The molecule has 33 heavy (non-hydrogen) atoms. The van der Waals surface area contributed by atoms with Gasteiger partial charge in [-0.05, 0) is 51.7 Å². The fourth-order valence-corrected chi connectivity index (χ4v) is 4.04. The molecule has 1 saturated heterocycles. The lowest BCUT2D eigenvalue weighted by atomic mass is 9.79. The first-order valence-electron chi connectivity index (χ1n) is 11.2. The van der Waals surface area contributed by atoms with Gasteiger partial charge in [0.1, 0.15) is 17.9 Å². The molecule has 1 aromatic heterocycles. The average Bonchev–Trinajstić information content (AvgIpc) is 3.46. The summed E-state index contributed by atoms with van der Waals surface area (Å²) in [6.45, 7) is 10.4. The van der Waals surface area contributed by atoms with Gasteiger partial charge in [-0.2, -0.15) is 0 Å². The highest BCUT2D eigenvalue weighted by atomic mass is 16.7. The van der Waals surface area contributed by atoms with Crippen molar-refractivity contribution in [1.82, 2.24) is 20.2 Å². The normalized spacial score (nSPS) is 22.1. The Morgan fingerprint density at radius 2 is 2.00 bits per heavy atom. The Hall–Kier alpha value is -2.85. The van der Waals surface area contributed by atoms with Crippen LogP contribution in [0.2, 0.25) is 0 Å². The van der Waals surface area contributed by atoms with Crippen LogP contribution in [0.15, 0.2) is 30.4 Å². The third-order valence-corrected chi connectivity index (χ3v) is 6.75. The van der Waals surface area contributed by atoms with E-state index in [2.05, 4.69) is 15.0 Å². The van der Waals surface area contributed by atoms with Gasteiger partial charge in [0.05, 0.1) is 29.3 Å². The van der Waals surface area contributed by atoms with E-state index in [1.807, 2.05) is 65.0 Å². The molecule has 2 N–H and O–H groups in total. The molecule has 4 rings (SSSR count). The molecule has 0 bridgehead atoms. The van der Waals surface area contributed by atoms with Crippen LogP contribution >= 0.6 is 0 Å². The zero-order valence-corrected chi connectivity index (χ0v) is 20.0. The number of hydrogen-bond donors (Lipinski definition) is 2. The van der Waals surface area contributed by atoms with Crippen molar-refractivity contribution in [1.29, 1.82) is 0 Å². The van der Waals surface area contributed by atoms with Gasteiger partial charge in [-0.3, -0.25) is 4.79 Å². The molecule has 0 aliphatic carbocycles. The Labute approximate surface area is 194 Å². The highest BCUT2D eigenvalue weighted by Crippen LogP contribution is 2.36. The Morgan fingerprint density at radius 1 is 1.30 bits per heavy atom. The molecular formula is C23H31BN4O5. The maximum Gasteiger partial charge on any atom is 0.494 e. The van der Waals surface area contributed by atoms with Crippen LogP contribution in [0.1, 0.15) is 52.9 Å². The molecule has 2 atom stereocenters. The van der Waals surface area contributed by atoms with E-state index in [-0.39, 0.29) is 11.9 Å². The van der Waals surface area contributed by atoms with Crippen LogP contribution in [0.3, 0.4) is 0 Å². The Morgan fingerprint density at radius 3 is 2.64 bits per heavy atom. The molecular weight excluding hydrogens is 423 g/mol. The minimum absolute atomic E-state index is 0.184. The first-order valence-corrected chi connectivity index (χ1v) is 11.2. The summed E-state index contributed by atoms with van der Waals surface area (Å²) in [7, 11) is 0.810. The molecule has 9 nitrogen and oxygen atoms in total. The van der Waals surface area contributed by atoms with Gasteiger partial charge in [0.15, 0.2) is 0 Å². The predicted octanol–water partition coefficient (Wildman–Crippen LogP) is 2.44. The summed E-state index contributed by atoms with van der Waals surface area (Å²) < 4.78 is 17.0. The van der Waals surface area contributed by atoms with Crippen molar-refractivity contribution in [3.63, 3.8) is 0 Å². The van der Waals surface area contributed by atoms with Crippen molar-refractivity contribution in [3.8, 4) is 0 Å². The lowest BCUT2D eigenvalue weighted by molar-refractivity contribution is -0.134. The second kappa shape index (κ2) is 8.50. The maximum absolute atomic E-state index is 13.1. The van der Waals surface area contributed by atoms with E-state index in [4.69, 9.17) is 14.3 Å². The van der Waals surface area contributed by atoms with Gasteiger partial charge in [0.25, 0.3) is 0 Å². The van der Waals surface area contributed by atoms with E-state index in [1.165, 1.54) is 7.11 Å². The topological polar surface area (TPSA) is 106 Å². The van der Waals surface area contributed by atoms with Crippen LogP contribution in [-0.4, -0.2) is 64.9 Å². The van der Waals surface area contributed by atoms with Crippen molar-refractivity contribution in [2.75, 3.05) is 13.7 Å². The summed E-state index contributed by atoms with van der Waals surface area (Å²) in [6.07, 6.45) is 3.69. The maximum atomic E-state index is 13.1. The summed E-state index contributed by atoms with van der Waals surface area (Å²) in [5, 5.41) is 2.60. The molecule has 2 amide bonds. The van der Waals surface area contributed by atoms with E-state index in [0.29, 0.717) is 18.8 Å². The van der Waals surface area contributed by atoms with Gasteiger partial charge < -0.3 is 29.2 Å². The van der Waals surface area contributed by atoms with Gasteiger partial charge in [0, 0.05) is 6.54 Å². The number of nitrogens with one attached hydrogen (secondary N) is 2. The lowest BCUT2D eigenvalue weighted by Crippen LogP contribution is -2.48. The van der Waals surface area contributed by atoms with E-state index in [1.54, 1.807) is 4.90 Å². The quantitative estimate of drug-likeness (QED) is 0.531. The number of imidazole rings is 1. The standard InChI is InChI=1S/C23H31BN4O5/c1-7-15(27-21(30)31-6)20(29)28-12-8-9-18(28)19-25-16-11-10-14(13-17(16)26-19)24-32-22(2,3)23(4,5)33-24/h8-11,13,15,18H,7,12H2,1-6H3,(H,25,26)(H,27,30)/t15-,18+/m1/s1. The smallest absolute Gasteiger partial charge is 0.453 e. The molecule has 1 fully saturated rings. The molecule has 2 aliphatic rings. The van der Waals surface area contributed by atoms with Crippen molar-refractivity contribution < 1.29 is 23.6 Å². The highest BCUT2D eigenvalue weighted by Gasteiger charge is 2.51. The van der Waals surface area contributed by atoms with Crippen molar-refractivity contribution >= 4 is 35.6 Å². The molecule has 0 saturated carbocycles. The van der Waals surface area contributed by atoms with E-state index < -0.39 is 30.5 Å². The Balaban J connectivity index is 1.56. The van der Waals surface area contributed by atoms with Crippen molar-refractivity contribution in [3.05, 3.63) is 36.2 Å². The van der Waals surface area contributed by atoms with E-state index >= 15 is 0 Å².